The predicted molar refractivity (Wildman–Crippen MR) is 77.8 cm³/mol. The molecule has 1 atom stereocenters. The van der Waals surface area contributed by atoms with Gasteiger partial charge in [0.2, 0.25) is 0 Å². The molecule has 0 bridgehead atoms. The third kappa shape index (κ3) is 2.29. The number of fused-ring (bicyclic) bond motifs is 1. The smallest absolute Gasteiger partial charge is 0.0725 e. The molecule has 3 rings (SSSR count). The second kappa shape index (κ2) is 5.16. The second-order valence-electron chi connectivity index (χ2n) is 5.07. The maximum Gasteiger partial charge on any atom is 0.0725 e. The molecule has 0 aromatic heterocycles. The van der Waals surface area contributed by atoms with Crippen LogP contribution in [0.4, 0.5) is 0 Å². The van der Waals surface area contributed by atoms with Gasteiger partial charge in [0.1, 0.15) is 0 Å². The lowest BCUT2D eigenvalue weighted by Gasteiger charge is -2.16. The van der Waals surface area contributed by atoms with Gasteiger partial charge in [-0.2, -0.15) is 0 Å². The first kappa shape index (κ1) is 12.4. The molecule has 0 saturated carbocycles. The van der Waals surface area contributed by atoms with Crippen LogP contribution in [0.1, 0.15) is 29.7 Å². The monoisotopic (exact) mass is 253 g/mol. The lowest BCUT2D eigenvalue weighted by molar-refractivity contribution is 0.134. The van der Waals surface area contributed by atoms with Gasteiger partial charge in [-0.05, 0) is 47.9 Å². The van der Waals surface area contributed by atoms with E-state index in [9.17, 15) is 0 Å². The van der Waals surface area contributed by atoms with E-state index in [1.807, 2.05) is 7.05 Å². The van der Waals surface area contributed by atoms with Gasteiger partial charge in [0.05, 0.1) is 13.2 Å². The van der Waals surface area contributed by atoms with Gasteiger partial charge < -0.3 is 10.1 Å². The number of rotatable bonds is 3. The molecule has 19 heavy (non-hydrogen) atoms. The van der Waals surface area contributed by atoms with Crippen LogP contribution in [0.15, 0.2) is 42.5 Å². The summed E-state index contributed by atoms with van der Waals surface area (Å²) in [5.74, 6) is 0. The van der Waals surface area contributed by atoms with Crippen LogP contribution in [0.2, 0.25) is 0 Å². The zero-order valence-electron chi connectivity index (χ0n) is 11.4. The molecule has 1 aliphatic rings. The Morgan fingerprint density at radius 1 is 1.05 bits per heavy atom. The minimum absolute atomic E-state index is 0.348. The molecule has 0 spiro atoms. The Morgan fingerprint density at radius 2 is 1.84 bits per heavy atom. The molecule has 2 aromatic carbocycles. The average molecular weight is 253 g/mol. The van der Waals surface area contributed by atoms with Crippen molar-refractivity contribution in [2.45, 2.75) is 26.2 Å². The molecule has 1 unspecified atom stereocenters. The third-order valence-corrected chi connectivity index (χ3v) is 3.89. The Kier molecular flexibility index (Phi) is 3.36. The van der Waals surface area contributed by atoms with E-state index in [0.29, 0.717) is 6.04 Å². The molecule has 1 aliphatic heterocycles. The highest BCUT2D eigenvalue weighted by atomic mass is 16.5. The standard InChI is InChI=1S/C17H19NO/c1-12(18-2)16-5-3-4-6-17(16)13-7-8-14-10-19-11-15(14)9-13/h3-9,12,18H,10-11H2,1-2H3. The van der Waals surface area contributed by atoms with Crippen LogP contribution in [0.5, 0.6) is 0 Å². The normalized spacial score (nSPS) is 15.3. The maximum atomic E-state index is 5.49. The summed E-state index contributed by atoms with van der Waals surface area (Å²) in [5.41, 5.74) is 6.57. The van der Waals surface area contributed by atoms with Crippen molar-refractivity contribution in [2.75, 3.05) is 7.05 Å². The van der Waals surface area contributed by atoms with Gasteiger partial charge in [-0.15, -0.1) is 0 Å². The van der Waals surface area contributed by atoms with Crippen LogP contribution in [-0.4, -0.2) is 7.05 Å². The molecular weight excluding hydrogens is 234 g/mol. The van der Waals surface area contributed by atoms with Crippen LogP contribution < -0.4 is 5.32 Å². The molecule has 0 radical (unpaired) electrons. The van der Waals surface area contributed by atoms with Gasteiger partial charge in [-0.3, -0.25) is 0 Å². The molecular formula is C17H19NO. The van der Waals surface area contributed by atoms with Crippen LogP contribution in [-0.2, 0) is 18.0 Å². The number of hydrogen-bond acceptors (Lipinski definition) is 2. The van der Waals surface area contributed by atoms with Gasteiger partial charge >= 0.3 is 0 Å². The van der Waals surface area contributed by atoms with Crippen molar-refractivity contribution in [1.29, 1.82) is 0 Å². The first-order valence-corrected chi connectivity index (χ1v) is 6.75. The molecule has 0 saturated heterocycles. The molecule has 2 nitrogen and oxygen atoms in total. The van der Waals surface area contributed by atoms with Crippen LogP contribution >= 0.6 is 0 Å². The molecule has 0 fully saturated rings. The second-order valence-corrected chi connectivity index (χ2v) is 5.07. The number of nitrogens with one attached hydrogen (secondary N) is 1. The third-order valence-electron chi connectivity index (χ3n) is 3.89. The van der Waals surface area contributed by atoms with Crippen LogP contribution in [0.25, 0.3) is 11.1 Å². The summed E-state index contributed by atoms with van der Waals surface area (Å²) >= 11 is 0. The lowest BCUT2D eigenvalue weighted by atomic mass is 9.93. The van der Waals surface area contributed by atoms with E-state index in [4.69, 9.17) is 4.74 Å². The van der Waals surface area contributed by atoms with Crippen molar-refractivity contribution >= 4 is 0 Å². The minimum atomic E-state index is 0.348. The van der Waals surface area contributed by atoms with E-state index in [0.717, 1.165) is 13.2 Å². The Morgan fingerprint density at radius 3 is 2.68 bits per heavy atom. The Bertz CT molecular complexity index is 592. The molecule has 0 amide bonds. The van der Waals surface area contributed by atoms with Gasteiger partial charge in [0.15, 0.2) is 0 Å². The minimum Gasteiger partial charge on any atom is -0.372 e. The van der Waals surface area contributed by atoms with Gasteiger partial charge in [-0.1, -0.05) is 36.4 Å². The summed E-state index contributed by atoms with van der Waals surface area (Å²) in [6.45, 7) is 3.69. The van der Waals surface area contributed by atoms with Crippen molar-refractivity contribution in [3.8, 4) is 11.1 Å². The topological polar surface area (TPSA) is 21.3 Å². The van der Waals surface area contributed by atoms with E-state index in [2.05, 4.69) is 54.7 Å². The predicted octanol–water partition coefficient (Wildman–Crippen LogP) is 3.66. The van der Waals surface area contributed by atoms with Gasteiger partial charge in [0.25, 0.3) is 0 Å². The van der Waals surface area contributed by atoms with Crippen molar-refractivity contribution < 1.29 is 4.74 Å². The van der Waals surface area contributed by atoms with Crippen molar-refractivity contribution in [3.63, 3.8) is 0 Å². The molecule has 1 heterocycles. The SMILES string of the molecule is CNC(C)c1ccccc1-c1ccc2c(c1)COC2. The fourth-order valence-electron chi connectivity index (χ4n) is 2.63. The fourth-order valence-corrected chi connectivity index (χ4v) is 2.63. The van der Waals surface area contributed by atoms with Gasteiger partial charge in [0, 0.05) is 6.04 Å². The zero-order valence-corrected chi connectivity index (χ0v) is 11.4. The summed E-state index contributed by atoms with van der Waals surface area (Å²) in [6, 6.07) is 15.6. The highest BCUT2D eigenvalue weighted by molar-refractivity contribution is 5.69. The molecule has 2 heteroatoms. The van der Waals surface area contributed by atoms with Crippen molar-refractivity contribution in [1.82, 2.24) is 5.32 Å². The Hall–Kier alpha value is -1.64. The van der Waals surface area contributed by atoms with Crippen LogP contribution in [0, 0.1) is 0 Å². The summed E-state index contributed by atoms with van der Waals surface area (Å²) in [4.78, 5) is 0. The van der Waals surface area contributed by atoms with Gasteiger partial charge in [-0.25, -0.2) is 0 Å². The van der Waals surface area contributed by atoms with Crippen molar-refractivity contribution in [2.24, 2.45) is 0 Å². The molecule has 0 aliphatic carbocycles. The van der Waals surface area contributed by atoms with E-state index in [-0.39, 0.29) is 0 Å². The largest absolute Gasteiger partial charge is 0.372 e. The molecule has 1 N–H and O–H groups in total. The van der Waals surface area contributed by atoms with E-state index in [1.165, 1.54) is 27.8 Å². The number of benzene rings is 2. The maximum absolute atomic E-state index is 5.49. The highest BCUT2D eigenvalue weighted by Crippen LogP contribution is 2.31. The summed E-state index contributed by atoms with van der Waals surface area (Å²) in [5, 5.41) is 3.32. The lowest BCUT2D eigenvalue weighted by Crippen LogP contribution is -2.13. The summed E-state index contributed by atoms with van der Waals surface area (Å²) < 4.78 is 5.49. The van der Waals surface area contributed by atoms with Crippen molar-refractivity contribution in [3.05, 3.63) is 59.2 Å². The van der Waals surface area contributed by atoms with E-state index >= 15 is 0 Å². The molecule has 98 valence electrons. The Balaban J connectivity index is 2.07. The van der Waals surface area contributed by atoms with E-state index in [1.54, 1.807) is 0 Å². The average Bonchev–Trinajstić information content (AvgIpc) is 2.93. The first-order chi connectivity index (χ1) is 9.29. The number of ether oxygens (including phenoxy) is 1. The van der Waals surface area contributed by atoms with E-state index < -0.39 is 0 Å². The number of hydrogen-bond donors (Lipinski definition) is 1. The molecule has 2 aromatic rings. The Labute approximate surface area is 114 Å². The highest BCUT2D eigenvalue weighted by Gasteiger charge is 2.14. The summed E-state index contributed by atoms with van der Waals surface area (Å²) in [6.07, 6.45) is 0. The summed E-state index contributed by atoms with van der Waals surface area (Å²) in [7, 11) is 2.00. The zero-order chi connectivity index (χ0) is 13.2. The van der Waals surface area contributed by atoms with Crippen LogP contribution in [0.3, 0.4) is 0 Å². The first-order valence-electron chi connectivity index (χ1n) is 6.75. The fraction of sp³-hybridized carbons (Fsp3) is 0.294. The quantitative estimate of drug-likeness (QED) is 0.901.